The van der Waals surface area contributed by atoms with Crippen LogP contribution in [0, 0.1) is 62.3 Å². The van der Waals surface area contributed by atoms with Gasteiger partial charge in [-0.15, -0.1) is 0 Å². The van der Waals surface area contributed by atoms with E-state index >= 15 is 0 Å². The van der Waals surface area contributed by atoms with Crippen LogP contribution in [0.1, 0.15) is 50.1 Å². The Labute approximate surface area is 193 Å². The van der Waals surface area contributed by atoms with Gasteiger partial charge in [-0.2, -0.15) is 0 Å². The number of hydrogen-bond donors (Lipinski definition) is 0. The SMILES string of the molecule is Cc1cc(C)c([Si](c2c(C)cc(C)cc2C)[Si](C)(C)c2c(C)cc(C)cc2C)c(C)c1. The van der Waals surface area contributed by atoms with Gasteiger partial charge in [-0.25, -0.2) is 0 Å². The fourth-order valence-corrected chi connectivity index (χ4v) is 20.0. The van der Waals surface area contributed by atoms with Gasteiger partial charge in [0.05, 0.1) is 7.59 Å². The number of aryl methyl sites for hydroxylation is 9. The lowest BCUT2D eigenvalue weighted by Crippen LogP contribution is -2.70. The Bertz CT molecular complexity index is 1020. The van der Waals surface area contributed by atoms with Gasteiger partial charge in [-0.3, -0.25) is 0 Å². The predicted octanol–water partition coefficient (Wildman–Crippen LogP) is 5.77. The average Bonchev–Trinajstić information content (AvgIpc) is 2.57. The van der Waals surface area contributed by atoms with Crippen molar-refractivity contribution in [3.63, 3.8) is 0 Å². The molecule has 0 saturated heterocycles. The molecule has 0 aromatic heterocycles. The van der Waals surface area contributed by atoms with Crippen molar-refractivity contribution in [2.45, 2.75) is 75.4 Å². The van der Waals surface area contributed by atoms with Crippen molar-refractivity contribution in [2.75, 3.05) is 0 Å². The van der Waals surface area contributed by atoms with Crippen molar-refractivity contribution < 1.29 is 0 Å². The minimum Gasteiger partial charge on any atom is -0.0669 e. The van der Waals surface area contributed by atoms with Crippen LogP contribution in [-0.2, 0) is 0 Å². The van der Waals surface area contributed by atoms with E-state index in [1.165, 1.54) is 50.1 Å². The zero-order valence-corrected chi connectivity index (χ0v) is 23.5. The zero-order valence-electron chi connectivity index (χ0n) is 21.5. The molecule has 31 heavy (non-hydrogen) atoms. The normalized spacial score (nSPS) is 12.0. The Morgan fingerprint density at radius 3 is 1.00 bits per heavy atom. The van der Waals surface area contributed by atoms with Crippen LogP contribution in [0.25, 0.3) is 0 Å². The summed E-state index contributed by atoms with van der Waals surface area (Å²) < 4.78 is 0. The lowest BCUT2D eigenvalue weighted by molar-refractivity contribution is 1.33. The Balaban J connectivity index is 2.44. The summed E-state index contributed by atoms with van der Waals surface area (Å²) in [5.41, 5.74) is 13.0. The minimum absolute atomic E-state index is 1.000. The van der Waals surface area contributed by atoms with Crippen molar-refractivity contribution in [2.24, 2.45) is 0 Å². The molecule has 0 fully saturated rings. The van der Waals surface area contributed by atoms with Crippen molar-refractivity contribution in [1.29, 1.82) is 0 Å². The van der Waals surface area contributed by atoms with E-state index in [4.69, 9.17) is 0 Å². The van der Waals surface area contributed by atoms with E-state index in [-0.39, 0.29) is 0 Å². The molecule has 0 unspecified atom stereocenters. The second-order valence-electron chi connectivity index (χ2n) is 10.3. The molecule has 0 amide bonds. The number of benzene rings is 3. The van der Waals surface area contributed by atoms with Gasteiger partial charge < -0.3 is 0 Å². The van der Waals surface area contributed by atoms with E-state index in [0.717, 1.165) is 0 Å². The Kier molecular flexibility index (Phi) is 6.56. The van der Waals surface area contributed by atoms with Gasteiger partial charge in [-0.05, 0) is 62.3 Å². The van der Waals surface area contributed by atoms with Crippen LogP contribution in [0.15, 0.2) is 36.4 Å². The lowest BCUT2D eigenvalue weighted by Gasteiger charge is -2.38. The van der Waals surface area contributed by atoms with Gasteiger partial charge in [0.25, 0.3) is 0 Å². The van der Waals surface area contributed by atoms with Gasteiger partial charge in [0.1, 0.15) is 8.31 Å². The third kappa shape index (κ3) is 4.38. The summed E-state index contributed by atoms with van der Waals surface area (Å²) >= 11 is 0. The fourth-order valence-electron chi connectivity index (χ4n) is 6.19. The third-order valence-electron chi connectivity index (χ3n) is 6.78. The van der Waals surface area contributed by atoms with E-state index in [9.17, 15) is 0 Å². The molecule has 163 valence electrons. The van der Waals surface area contributed by atoms with E-state index in [1.807, 2.05) is 0 Å². The Morgan fingerprint density at radius 2 is 0.710 bits per heavy atom. The summed E-state index contributed by atoms with van der Waals surface area (Å²) in [7, 11) is -2.86. The molecule has 0 N–H and O–H groups in total. The maximum absolute atomic E-state index is 2.64. The largest absolute Gasteiger partial charge is 0.119 e. The Hall–Kier alpha value is -1.91. The summed E-state index contributed by atoms with van der Waals surface area (Å²) in [5.74, 6) is 0. The molecule has 0 atom stereocenters. The first kappa shape index (κ1) is 23.8. The van der Waals surface area contributed by atoms with E-state index in [0.29, 0.717) is 0 Å². The summed E-state index contributed by atoms with van der Waals surface area (Å²) in [5, 5.41) is 4.98. The average molecular weight is 444 g/mol. The molecule has 0 nitrogen and oxygen atoms in total. The summed E-state index contributed by atoms with van der Waals surface area (Å²) in [6, 6.07) is 14.4. The third-order valence-corrected chi connectivity index (χ3v) is 18.6. The monoisotopic (exact) mass is 443 g/mol. The molecule has 1 radical (unpaired) electrons. The van der Waals surface area contributed by atoms with Crippen molar-refractivity contribution >= 4 is 31.5 Å². The van der Waals surface area contributed by atoms with E-state index in [2.05, 4.69) is 112 Å². The highest BCUT2D eigenvalue weighted by molar-refractivity contribution is 7.46. The van der Waals surface area contributed by atoms with Crippen LogP contribution < -0.4 is 15.6 Å². The van der Waals surface area contributed by atoms with Crippen molar-refractivity contribution in [1.82, 2.24) is 0 Å². The van der Waals surface area contributed by atoms with Crippen LogP contribution >= 0.6 is 0 Å². The second kappa shape index (κ2) is 8.56. The van der Waals surface area contributed by atoms with E-state index in [1.54, 1.807) is 15.6 Å². The van der Waals surface area contributed by atoms with Crippen LogP contribution in [0.4, 0.5) is 0 Å². The first-order valence-corrected chi connectivity index (χ1v) is 17.0. The highest BCUT2D eigenvalue weighted by atomic mass is 29.2. The first-order valence-electron chi connectivity index (χ1n) is 11.5. The Morgan fingerprint density at radius 1 is 0.452 bits per heavy atom. The standard InChI is InChI=1S/C29H39Si2/c1-18-12-21(4)27(22(5)13-18)30(28-23(6)14-19(2)15-24(28)7)31(10,11)29-25(8)16-20(3)17-26(29)9/h12-17H,1-11H3. The van der Waals surface area contributed by atoms with Gasteiger partial charge in [0.2, 0.25) is 0 Å². The fraction of sp³-hybridized carbons (Fsp3) is 0.379. The van der Waals surface area contributed by atoms with Crippen LogP contribution in [0.3, 0.4) is 0 Å². The molecule has 3 rings (SSSR count). The molecular weight excluding hydrogens is 404 g/mol. The molecular formula is C29H39Si2. The quantitative estimate of drug-likeness (QED) is 0.449. The molecule has 0 bridgehead atoms. The smallest absolute Gasteiger partial charge is 0.0669 e. The van der Waals surface area contributed by atoms with Gasteiger partial charge in [0.15, 0.2) is 0 Å². The van der Waals surface area contributed by atoms with Crippen LogP contribution in [-0.4, -0.2) is 15.9 Å². The predicted molar refractivity (Wildman–Crippen MR) is 144 cm³/mol. The molecule has 0 aliphatic heterocycles. The highest BCUT2D eigenvalue weighted by Crippen LogP contribution is 2.21. The molecule has 0 saturated carbocycles. The molecule has 0 spiro atoms. The molecule has 3 aromatic carbocycles. The molecule has 2 heteroatoms. The maximum Gasteiger partial charge on any atom is 0.119 e. The van der Waals surface area contributed by atoms with Gasteiger partial charge >= 0.3 is 0 Å². The number of hydrogen-bond acceptors (Lipinski definition) is 0. The number of rotatable bonds is 4. The molecule has 3 aromatic rings. The summed E-state index contributed by atoms with van der Waals surface area (Å²) in [6.07, 6.45) is 0. The highest BCUT2D eigenvalue weighted by Gasteiger charge is 2.42. The van der Waals surface area contributed by atoms with Gasteiger partial charge in [-0.1, -0.05) is 115 Å². The van der Waals surface area contributed by atoms with Crippen molar-refractivity contribution in [3.8, 4) is 0 Å². The first-order chi connectivity index (χ1) is 14.3. The minimum atomic E-state index is -1.86. The van der Waals surface area contributed by atoms with E-state index < -0.39 is 15.9 Å². The van der Waals surface area contributed by atoms with Crippen molar-refractivity contribution in [3.05, 3.63) is 86.5 Å². The summed E-state index contributed by atoms with van der Waals surface area (Å²) in [6.45, 7) is 26.0. The second-order valence-corrected chi connectivity index (χ2v) is 21.1. The topological polar surface area (TPSA) is 0 Å². The zero-order chi connectivity index (χ0) is 23.2. The molecule has 0 aliphatic carbocycles. The van der Waals surface area contributed by atoms with Crippen LogP contribution in [0.5, 0.6) is 0 Å². The summed E-state index contributed by atoms with van der Waals surface area (Å²) in [4.78, 5) is 0. The maximum atomic E-state index is 2.64. The molecule has 0 aliphatic rings. The lowest BCUT2D eigenvalue weighted by atomic mass is 10.1. The van der Waals surface area contributed by atoms with Crippen LogP contribution in [0.2, 0.25) is 13.1 Å². The molecule has 0 heterocycles. The van der Waals surface area contributed by atoms with Gasteiger partial charge in [0, 0.05) is 0 Å².